The highest BCUT2D eigenvalue weighted by atomic mass is 32.2. The van der Waals surface area contributed by atoms with Gasteiger partial charge in [0.2, 0.25) is 15.9 Å². The third kappa shape index (κ3) is 5.83. The molecule has 2 saturated heterocycles. The van der Waals surface area contributed by atoms with Gasteiger partial charge in [0.15, 0.2) is 0 Å². The van der Waals surface area contributed by atoms with Crippen LogP contribution in [0, 0.1) is 5.92 Å². The van der Waals surface area contributed by atoms with Gasteiger partial charge in [-0.1, -0.05) is 0 Å². The lowest BCUT2D eigenvalue weighted by Gasteiger charge is -2.32. The van der Waals surface area contributed by atoms with E-state index in [0.29, 0.717) is 49.5 Å². The van der Waals surface area contributed by atoms with Crippen LogP contribution in [0.4, 0.5) is 5.69 Å². The molecule has 0 unspecified atom stereocenters. The van der Waals surface area contributed by atoms with Crippen molar-refractivity contribution in [1.82, 2.24) is 14.1 Å². The van der Waals surface area contributed by atoms with Crippen molar-refractivity contribution in [2.75, 3.05) is 58.7 Å². The molecule has 2 aromatic carbocycles. The molecule has 4 rings (SSSR count). The molecule has 2 aliphatic rings. The lowest BCUT2D eigenvalue weighted by Crippen LogP contribution is -2.47. The van der Waals surface area contributed by atoms with Crippen molar-refractivity contribution in [2.24, 2.45) is 5.92 Å². The fourth-order valence-electron chi connectivity index (χ4n) is 4.40. The molecule has 0 spiro atoms. The van der Waals surface area contributed by atoms with E-state index in [1.165, 1.54) is 23.5 Å². The number of rotatable bonds is 6. The zero-order valence-corrected chi connectivity index (χ0v) is 21.0. The van der Waals surface area contributed by atoms with Gasteiger partial charge in [0.05, 0.1) is 17.9 Å². The molecule has 0 radical (unpaired) electrons. The Labute approximate surface area is 206 Å². The number of amides is 2. The van der Waals surface area contributed by atoms with E-state index in [1.807, 2.05) is 11.9 Å². The van der Waals surface area contributed by atoms with Crippen molar-refractivity contribution < 1.29 is 22.7 Å². The maximum atomic E-state index is 13.1. The molecule has 1 N–H and O–H groups in total. The van der Waals surface area contributed by atoms with Gasteiger partial charge in [0.1, 0.15) is 5.75 Å². The number of piperidine rings is 1. The summed E-state index contributed by atoms with van der Waals surface area (Å²) in [6.45, 7) is 3.61. The SMILES string of the molecule is COc1ccc(S(=O)(=O)N2CCC[C@@H](C(=O)Nc3ccc(C(=O)N4CCN(C)CC4)cc3)C2)cc1. The number of anilines is 1. The summed E-state index contributed by atoms with van der Waals surface area (Å²) in [6, 6.07) is 13.1. The third-order valence-electron chi connectivity index (χ3n) is 6.64. The molecule has 9 nitrogen and oxygen atoms in total. The van der Waals surface area contributed by atoms with Crippen molar-refractivity contribution >= 4 is 27.5 Å². The number of carbonyl (C=O) groups is 2. The van der Waals surface area contributed by atoms with Crippen molar-refractivity contribution in [3.63, 3.8) is 0 Å². The Morgan fingerprint density at radius 3 is 2.23 bits per heavy atom. The third-order valence-corrected chi connectivity index (χ3v) is 8.52. The minimum atomic E-state index is -3.70. The van der Waals surface area contributed by atoms with Crippen LogP contribution in [0.3, 0.4) is 0 Å². The molecule has 0 saturated carbocycles. The number of methoxy groups -OCH3 is 1. The molecule has 2 aliphatic heterocycles. The molecule has 35 heavy (non-hydrogen) atoms. The summed E-state index contributed by atoms with van der Waals surface area (Å²) in [5.74, 6) is -0.111. The lowest BCUT2D eigenvalue weighted by molar-refractivity contribution is -0.120. The van der Waals surface area contributed by atoms with Crippen LogP contribution in [0.1, 0.15) is 23.2 Å². The average Bonchev–Trinajstić information content (AvgIpc) is 2.89. The Hall–Kier alpha value is -2.95. The second kappa shape index (κ2) is 10.8. The van der Waals surface area contributed by atoms with Gasteiger partial charge < -0.3 is 19.9 Å². The summed E-state index contributed by atoms with van der Waals surface area (Å²) in [5.41, 5.74) is 1.17. The van der Waals surface area contributed by atoms with E-state index in [1.54, 1.807) is 36.4 Å². The number of nitrogens with one attached hydrogen (secondary N) is 1. The fourth-order valence-corrected chi connectivity index (χ4v) is 5.93. The van der Waals surface area contributed by atoms with Gasteiger partial charge in [-0.2, -0.15) is 4.31 Å². The van der Waals surface area contributed by atoms with Gasteiger partial charge in [-0.3, -0.25) is 9.59 Å². The summed E-state index contributed by atoms with van der Waals surface area (Å²) in [7, 11) is -0.138. The van der Waals surface area contributed by atoms with Crippen LogP contribution in [0.15, 0.2) is 53.4 Å². The van der Waals surface area contributed by atoms with Gasteiger partial charge in [0, 0.05) is 50.5 Å². The van der Waals surface area contributed by atoms with Crippen LogP contribution < -0.4 is 10.1 Å². The first-order valence-electron chi connectivity index (χ1n) is 11.8. The molecule has 2 amide bonds. The smallest absolute Gasteiger partial charge is 0.253 e. The number of ether oxygens (including phenoxy) is 1. The van der Waals surface area contributed by atoms with Crippen LogP contribution in [0.25, 0.3) is 0 Å². The first-order valence-corrected chi connectivity index (χ1v) is 13.2. The van der Waals surface area contributed by atoms with E-state index in [0.717, 1.165) is 13.1 Å². The van der Waals surface area contributed by atoms with Gasteiger partial charge in [0.25, 0.3) is 5.91 Å². The minimum absolute atomic E-state index is 0.0114. The topological polar surface area (TPSA) is 99.3 Å². The summed E-state index contributed by atoms with van der Waals surface area (Å²) in [5, 5.41) is 2.88. The quantitative estimate of drug-likeness (QED) is 0.652. The molecular weight excluding hydrogens is 468 g/mol. The summed E-state index contributed by atoms with van der Waals surface area (Å²) < 4.78 is 32.6. The summed E-state index contributed by atoms with van der Waals surface area (Å²) >= 11 is 0. The van der Waals surface area contributed by atoms with Crippen LogP contribution in [-0.4, -0.2) is 87.8 Å². The van der Waals surface area contributed by atoms with Crippen LogP contribution >= 0.6 is 0 Å². The zero-order chi connectivity index (χ0) is 25.0. The van der Waals surface area contributed by atoms with Gasteiger partial charge >= 0.3 is 0 Å². The minimum Gasteiger partial charge on any atom is -0.497 e. The fraction of sp³-hybridized carbons (Fsp3) is 0.440. The molecule has 10 heteroatoms. The van der Waals surface area contributed by atoms with Crippen LogP contribution in [-0.2, 0) is 14.8 Å². The Morgan fingerprint density at radius 2 is 1.60 bits per heavy atom. The van der Waals surface area contributed by atoms with Crippen LogP contribution in [0.5, 0.6) is 5.75 Å². The number of piperazine rings is 1. The number of likely N-dealkylation sites (N-methyl/N-ethyl adjacent to an activating group) is 1. The van der Waals surface area contributed by atoms with E-state index in [-0.39, 0.29) is 23.3 Å². The molecule has 1 atom stereocenters. The second-order valence-corrected chi connectivity index (χ2v) is 11.0. The Kier molecular flexibility index (Phi) is 7.73. The number of benzene rings is 2. The van der Waals surface area contributed by atoms with E-state index in [4.69, 9.17) is 4.74 Å². The highest BCUT2D eigenvalue weighted by Gasteiger charge is 2.33. The zero-order valence-electron chi connectivity index (χ0n) is 20.1. The van der Waals surface area contributed by atoms with Gasteiger partial charge in [-0.05, 0) is 68.4 Å². The number of sulfonamides is 1. The predicted molar refractivity (Wildman–Crippen MR) is 133 cm³/mol. The van der Waals surface area contributed by atoms with E-state index in [9.17, 15) is 18.0 Å². The van der Waals surface area contributed by atoms with Gasteiger partial charge in [-0.15, -0.1) is 0 Å². The first-order chi connectivity index (χ1) is 16.8. The molecule has 0 aromatic heterocycles. The van der Waals surface area contributed by atoms with E-state index < -0.39 is 15.9 Å². The second-order valence-electron chi connectivity index (χ2n) is 9.04. The molecule has 0 aliphatic carbocycles. The maximum absolute atomic E-state index is 13.1. The van der Waals surface area contributed by atoms with Crippen molar-refractivity contribution in [3.05, 3.63) is 54.1 Å². The van der Waals surface area contributed by atoms with Gasteiger partial charge in [-0.25, -0.2) is 8.42 Å². The van der Waals surface area contributed by atoms with E-state index in [2.05, 4.69) is 10.2 Å². The monoisotopic (exact) mass is 500 g/mol. The highest BCUT2D eigenvalue weighted by Crippen LogP contribution is 2.26. The van der Waals surface area contributed by atoms with Crippen molar-refractivity contribution in [2.45, 2.75) is 17.7 Å². The standard InChI is InChI=1S/C25H32N4O5S/c1-27-14-16-28(17-15-27)25(31)19-5-7-21(8-6-19)26-24(30)20-4-3-13-29(18-20)35(32,33)23-11-9-22(34-2)10-12-23/h5-12,20H,3-4,13-18H2,1-2H3,(H,26,30)/t20-/m1/s1. The summed E-state index contributed by atoms with van der Waals surface area (Å²) in [4.78, 5) is 29.9. The maximum Gasteiger partial charge on any atom is 0.253 e. The van der Waals surface area contributed by atoms with E-state index >= 15 is 0 Å². The number of nitrogens with zero attached hydrogens (tertiary/aromatic N) is 3. The molecule has 2 aromatic rings. The number of carbonyl (C=O) groups excluding carboxylic acids is 2. The highest BCUT2D eigenvalue weighted by molar-refractivity contribution is 7.89. The average molecular weight is 501 g/mol. The number of hydrogen-bond acceptors (Lipinski definition) is 6. The Morgan fingerprint density at radius 1 is 0.943 bits per heavy atom. The Balaban J connectivity index is 1.36. The van der Waals surface area contributed by atoms with Crippen LogP contribution in [0.2, 0.25) is 0 Å². The summed E-state index contributed by atoms with van der Waals surface area (Å²) in [6.07, 6.45) is 1.21. The normalized spacial score (nSPS) is 19.8. The number of hydrogen-bond donors (Lipinski definition) is 1. The molecule has 2 heterocycles. The molecular formula is C25H32N4O5S. The van der Waals surface area contributed by atoms with Crippen molar-refractivity contribution in [1.29, 1.82) is 0 Å². The molecule has 188 valence electrons. The van der Waals surface area contributed by atoms with Crippen molar-refractivity contribution in [3.8, 4) is 5.75 Å². The Bertz CT molecular complexity index is 1140. The predicted octanol–water partition coefficient (Wildman–Crippen LogP) is 2.12. The molecule has 0 bridgehead atoms. The largest absolute Gasteiger partial charge is 0.497 e. The lowest BCUT2D eigenvalue weighted by atomic mass is 9.98. The molecule has 2 fully saturated rings. The first kappa shape index (κ1) is 25.2.